The van der Waals surface area contributed by atoms with Crippen LogP contribution in [0.4, 0.5) is 0 Å². The van der Waals surface area contributed by atoms with Gasteiger partial charge in [0.15, 0.2) is 0 Å². The minimum absolute atomic E-state index is 0.427. The van der Waals surface area contributed by atoms with Gasteiger partial charge in [0.1, 0.15) is 5.75 Å². The number of hydrogen-bond acceptors (Lipinski definition) is 4. The lowest BCUT2D eigenvalue weighted by molar-refractivity contribution is -0.148. The van der Waals surface area contributed by atoms with Gasteiger partial charge >= 0.3 is 5.97 Å². The zero-order chi connectivity index (χ0) is 12.1. The minimum Gasteiger partial charge on any atom is -0.497 e. The topological polar surface area (TPSA) is 55.8 Å². The van der Waals surface area contributed by atoms with Crippen LogP contribution in [-0.2, 0) is 9.53 Å². The molecule has 1 N–H and O–H groups in total. The molecular formula is C12H16O4. The Morgan fingerprint density at radius 1 is 1.25 bits per heavy atom. The number of aliphatic hydroxyl groups excluding tert-OH is 1. The van der Waals surface area contributed by atoms with E-state index in [9.17, 15) is 9.90 Å². The van der Waals surface area contributed by atoms with Crippen molar-refractivity contribution in [2.75, 3.05) is 14.2 Å². The number of hydrogen-bond donors (Lipinski definition) is 1. The molecule has 0 saturated carbocycles. The van der Waals surface area contributed by atoms with Crippen LogP contribution in [0, 0.1) is 5.92 Å². The van der Waals surface area contributed by atoms with Crippen LogP contribution in [0.1, 0.15) is 18.6 Å². The lowest BCUT2D eigenvalue weighted by atomic mass is 9.97. The zero-order valence-corrected chi connectivity index (χ0v) is 9.64. The monoisotopic (exact) mass is 224 g/mol. The number of esters is 1. The molecule has 2 atom stereocenters. The van der Waals surface area contributed by atoms with Gasteiger partial charge < -0.3 is 14.6 Å². The fraction of sp³-hybridized carbons (Fsp3) is 0.417. The van der Waals surface area contributed by atoms with Gasteiger partial charge in [0.2, 0.25) is 0 Å². The Morgan fingerprint density at radius 3 is 2.25 bits per heavy atom. The normalized spacial score (nSPS) is 14.0. The standard InChI is InChI=1S/C12H16O4/c1-8(12(14)16-3)11(13)9-4-6-10(15-2)7-5-9/h4-8,11,13H,1-3H3/t8-,11-/m0/s1. The number of methoxy groups -OCH3 is 2. The Labute approximate surface area is 94.8 Å². The van der Waals surface area contributed by atoms with Gasteiger partial charge in [-0.2, -0.15) is 0 Å². The summed E-state index contributed by atoms with van der Waals surface area (Å²) in [6.07, 6.45) is -0.863. The van der Waals surface area contributed by atoms with E-state index in [1.165, 1.54) is 7.11 Å². The number of benzene rings is 1. The van der Waals surface area contributed by atoms with Crippen LogP contribution < -0.4 is 4.74 Å². The van der Waals surface area contributed by atoms with E-state index in [-0.39, 0.29) is 0 Å². The molecule has 1 rings (SSSR count). The van der Waals surface area contributed by atoms with E-state index in [1.807, 2.05) is 0 Å². The second-order valence-corrected chi connectivity index (χ2v) is 3.53. The molecule has 16 heavy (non-hydrogen) atoms. The Balaban J connectivity index is 2.79. The summed E-state index contributed by atoms with van der Waals surface area (Å²) in [4.78, 5) is 11.2. The smallest absolute Gasteiger partial charge is 0.311 e. The molecule has 0 aliphatic heterocycles. The third-order valence-corrected chi connectivity index (χ3v) is 2.50. The van der Waals surface area contributed by atoms with Gasteiger partial charge in [-0.15, -0.1) is 0 Å². The minimum atomic E-state index is -0.863. The molecule has 0 aliphatic carbocycles. The SMILES string of the molecule is COC(=O)[C@@H](C)[C@H](O)c1ccc(OC)cc1. The summed E-state index contributed by atoms with van der Waals surface area (Å²) in [5.74, 6) is -0.302. The molecule has 0 fully saturated rings. The average molecular weight is 224 g/mol. The van der Waals surface area contributed by atoms with Crippen molar-refractivity contribution in [2.45, 2.75) is 13.0 Å². The van der Waals surface area contributed by atoms with E-state index in [4.69, 9.17) is 4.74 Å². The van der Waals surface area contributed by atoms with Crippen LogP contribution in [0.15, 0.2) is 24.3 Å². The van der Waals surface area contributed by atoms with E-state index in [2.05, 4.69) is 4.74 Å². The molecule has 0 aromatic heterocycles. The van der Waals surface area contributed by atoms with Crippen molar-refractivity contribution < 1.29 is 19.4 Å². The van der Waals surface area contributed by atoms with Gasteiger partial charge in [0.05, 0.1) is 26.2 Å². The van der Waals surface area contributed by atoms with Crippen molar-refractivity contribution in [3.05, 3.63) is 29.8 Å². The molecule has 0 amide bonds. The van der Waals surface area contributed by atoms with Crippen LogP contribution in [-0.4, -0.2) is 25.3 Å². The maximum Gasteiger partial charge on any atom is 0.311 e. The molecule has 1 aromatic rings. The molecule has 1 aromatic carbocycles. The first-order valence-corrected chi connectivity index (χ1v) is 5.00. The van der Waals surface area contributed by atoms with Crippen molar-refractivity contribution >= 4 is 5.97 Å². The Kier molecular flexibility index (Phi) is 4.31. The molecule has 4 heteroatoms. The Bertz CT molecular complexity index is 345. The predicted octanol–water partition coefficient (Wildman–Crippen LogP) is 1.54. The summed E-state index contributed by atoms with van der Waals surface area (Å²) in [5, 5.41) is 9.91. The molecule has 0 aliphatic rings. The van der Waals surface area contributed by atoms with Crippen LogP contribution in [0.5, 0.6) is 5.75 Å². The van der Waals surface area contributed by atoms with Crippen LogP contribution >= 0.6 is 0 Å². The third kappa shape index (κ3) is 2.73. The quantitative estimate of drug-likeness (QED) is 0.788. The maximum absolute atomic E-state index is 11.2. The molecule has 0 saturated heterocycles. The highest BCUT2D eigenvalue weighted by molar-refractivity contribution is 5.72. The lowest BCUT2D eigenvalue weighted by Gasteiger charge is -2.17. The number of carbonyl (C=O) groups is 1. The van der Waals surface area contributed by atoms with Crippen LogP contribution in [0.25, 0.3) is 0 Å². The molecule has 4 nitrogen and oxygen atoms in total. The summed E-state index contributed by atoms with van der Waals surface area (Å²) in [6, 6.07) is 6.93. The highest BCUT2D eigenvalue weighted by Gasteiger charge is 2.23. The third-order valence-electron chi connectivity index (χ3n) is 2.50. The highest BCUT2D eigenvalue weighted by atomic mass is 16.5. The number of rotatable bonds is 4. The van der Waals surface area contributed by atoms with Gasteiger partial charge in [-0.25, -0.2) is 0 Å². The molecule has 0 heterocycles. The fourth-order valence-corrected chi connectivity index (χ4v) is 1.40. The maximum atomic E-state index is 11.2. The summed E-state index contributed by atoms with van der Waals surface area (Å²) < 4.78 is 9.58. The van der Waals surface area contributed by atoms with Crippen molar-refractivity contribution in [1.82, 2.24) is 0 Å². The molecule has 0 unspecified atom stereocenters. The number of ether oxygens (including phenoxy) is 2. The molecule has 0 radical (unpaired) electrons. The van der Waals surface area contributed by atoms with Gasteiger partial charge in [0.25, 0.3) is 0 Å². The van der Waals surface area contributed by atoms with E-state index < -0.39 is 18.0 Å². The predicted molar refractivity (Wildman–Crippen MR) is 59.1 cm³/mol. The Hall–Kier alpha value is -1.55. The van der Waals surface area contributed by atoms with Gasteiger partial charge in [-0.05, 0) is 24.6 Å². The van der Waals surface area contributed by atoms with E-state index in [0.717, 1.165) is 0 Å². The Morgan fingerprint density at radius 2 is 1.81 bits per heavy atom. The van der Waals surface area contributed by atoms with E-state index in [0.29, 0.717) is 11.3 Å². The largest absolute Gasteiger partial charge is 0.497 e. The van der Waals surface area contributed by atoms with Crippen molar-refractivity contribution in [3.63, 3.8) is 0 Å². The summed E-state index contributed by atoms with van der Waals surface area (Å²) in [5.41, 5.74) is 0.665. The summed E-state index contributed by atoms with van der Waals surface area (Å²) in [7, 11) is 2.88. The van der Waals surface area contributed by atoms with E-state index >= 15 is 0 Å². The van der Waals surface area contributed by atoms with Crippen LogP contribution in [0.3, 0.4) is 0 Å². The van der Waals surface area contributed by atoms with Gasteiger partial charge in [-0.1, -0.05) is 12.1 Å². The van der Waals surface area contributed by atoms with Gasteiger partial charge in [0, 0.05) is 0 Å². The van der Waals surface area contributed by atoms with Crippen molar-refractivity contribution in [1.29, 1.82) is 0 Å². The van der Waals surface area contributed by atoms with Crippen LogP contribution in [0.2, 0.25) is 0 Å². The first-order chi connectivity index (χ1) is 7.60. The molecular weight excluding hydrogens is 208 g/mol. The highest BCUT2D eigenvalue weighted by Crippen LogP contribution is 2.24. The van der Waals surface area contributed by atoms with E-state index in [1.54, 1.807) is 38.3 Å². The summed E-state index contributed by atoms with van der Waals surface area (Å²) >= 11 is 0. The summed E-state index contributed by atoms with van der Waals surface area (Å²) in [6.45, 7) is 1.63. The lowest BCUT2D eigenvalue weighted by Crippen LogP contribution is -2.20. The first-order valence-electron chi connectivity index (χ1n) is 5.00. The average Bonchev–Trinajstić information content (AvgIpc) is 2.36. The van der Waals surface area contributed by atoms with Crippen molar-refractivity contribution in [3.8, 4) is 5.75 Å². The fourth-order valence-electron chi connectivity index (χ4n) is 1.40. The first kappa shape index (κ1) is 12.5. The second-order valence-electron chi connectivity index (χ2n) is 3.53. The zero-order valence-electron chi connectivity index (χ0n) is 9.64. The molecule has 0 bridgehead atoms. The number of carbonyl (C=O) groups excluding carboxylic acids is 1. The number of aliphatic hydroxyl groups is 1. The molecule has 0 spiro atoms. The second kappa shape index (κ2) is 5.51. The van der Waals surface area contributed by atoms with Crippen molar-refractivity contribution in [2.24, 2.45) is 5.92 Å². The molecule has 88 valence electrons. The van der Waals surface area contributed by atoms with Gasteiger partial charge in [-0.3, -0.25) is 4.79 Å².